The zero-order valence-electron chi connectivity index (χ0n) is 21.2. The third-order valence-electron chi connectivity index (χ3n) is 6.26. The van der Waals surface area contributed by atoms with Crippen molar-refractivity contribution in [2.45, 2.75) is 79.1 Å². The lowest BCUT2D eigenvalue weighted by atomic mass is 10.0. The van der Waals surface area contributed by atoms with E-state index >= 15 is 0 Å². The van der Waals surface area contributed by atoms with Gasteiger partial charge >= 0.3 is 7.60 Å². The maximum Gasteiger partial charge on any atom is 0.463 e. The van der Waals surface area contributed by atoms with Crippen molar-refractivity contribution in [2.24, 2.45) is 0 Å². The summed E-state index contributed by atoms with van der Waals surface area (Å²) in [6.07, 6.45) is 7.69. The van der Waals surface area contributed by atoms with Crippen molar-refractivity contribution in [3.05, 3.63) is 89.0 Å². The molecule has 0 heterocycles. The van der Waals surface area contributed by atoms with Gasteiger partial charge < -0.3 is 9.05 Å². The van der Waals surface area contributed by atoms with E-state index in [2.05, 4.69) is 45.9 Å². The molecule has 0 aliphatic rings. The highest BCUT2D eigenvalue weighted by atomic mass is 31.2. The molecule has 0 saturated carbocycles. The Morgan fingerprint density at radius 3 is 1.59 bits per heavy atom. The number of para-hydroxylation sites is 2. The zero-order valence-corrected chi connectivity index (χ0v) is 22.1. The first-order chi connectivity index (χ1) is 16.6. The van der Waals surface area contributed by atoms with Gasteiger partial charge in [-0.1, -0.05) is 89.1 Å². The first-order valence-electron chi connectivity index (χ1n) is 12.8. The molecule has 182 valence electrons. The smallest absolute Gasteiger partial charge is 0.413 e. The number of aryl methyl sites for hydroxylation is 3. The van der Waals surface area contributed by atoms with E-state index in [0.29, 0.717) is 16.8 Å². The summed E-state index contributed by atoms with van der Waals surface area (Å²) < 4.78 is 27.7. The van der Waals surface area contributed by atoms with E-state index < -0.39 is 7.60 Å². The molecule has 0 aliphatic carbocycles. The maximum atomic E-state index is 14.8. The van der Waals surface area contributed by atoms with Gasteiger partial charge in [-0.2, -0.15) is 0 Å². The van der Waals surface area contributed by atoms with Crippen LogP contribution in [0.5, 0.6) is 11.5 Å². The van der Waals surface area contributed by atoms with Crippen LogP contribution in [0.2, 0.25) is 0 Å². The molecule has 0 amide bonds. The van der Waals surface area contributed by atoms with Crippen LogP contribution in [0.4, 0.5) is 0 Å². The van der Waals surface area contributed by atoms with Crippen molar-refractivity contribution in [3.63, 3.8) is 0 Å². The van der Waals surface area contributed by atoms with Crippen LogP contribution in [0, 0.1) is 0 Å². The van der Waals surface area contributed by atoms with Crippen LogP contribution in [0.25, 0.3) is 0 Å². The van der Waals surface area contributed by atoms with E-state index in [0.717, 1.165) is 68.1 Å². The van der Waals surface area contributed by atoms with Gasteiger partial charge in [0.25, 0.3) is 0 Å². The van der Waals surface area contributed by atoms with Gasteiger partial charge in [-0.15, -0.1) is 0 Å². The molecule has 0 N–H and O–H groups in total. The molecular weight excluding hydrogens is 439 g/mol. The van der Waals surface area contributed by atoms with Gasteiger partial charge in [0.05, 0.1) is 5.30 Å². The minimum absolute atomic E-state index is 0.647. The first kappa shape index (κ1) is 26.1. The van der Waals surface area contributed by atoms with Crippen molar-refractivity contribution >= 4 is 12.9 Å². The van der Waals surface area contributed by atoms with Crippen molar-refractivity contribution in [2.75, 3.05) is 0 Å². The van der Waals surface area contributed by atoms with E-state index in [1.54, 1.807) is 0 Å². The zero-order chi connectivity index (χ0) is 24.4. The highest BCUT2D eigenvalue weighted by Gasteiger charge is 2.35. The Morgan fingerprint density at radius 2 is 1.12 bits per heavy atom. The second kappa shape index (κ2) is 12.8. The molecule has 34 heavy (non-hydrogen) atoms. The Labute approximate surface area is 206 Å². The molecule has 0 aromatic heterocycles. The van der Waals surface area contributed by atoms with Crippen LogP contribution in [0.15, 0.2) is 66.7 Å². The fourth-order valence-electron chi connectivity index (χ4n) is 4.33. The van der Waals surface area contributed by atoms with Crippen molar-refractivity contribution in [3.8, 4) is 11.5 Å². The van der Waals surface area contributed by atoms with Gasteiger partial charge in [-0.25, -0.2) is 4.57 Å². The fraction of sp³-hybridized carbons (Fsp3) is 0.400. The van der Waals surface area contributed by atoms with Crippen LogP contribution >= 0.6 is 7.60 Å². The van der Waals surface area contributed by atoms with Gasteiger partial charge in [-0.3, -0.25) is 0 Å². The van der Waals surface area contributed by atoms with E-state index in [1.165, 1.54) is 5.56 Å². The number of benzene rings is 3. The summed E-state index contributed by atoms with van der Waals surface area (Å²) in [5.74, 6) is 1.29. The number of hydrogen-bond acceptors (Lipinski definition) is 3. The average Bonchev–Trinajstić information content (AvgIpc) is 2.87. The van der Waals surface area contributed by atoms with Gasteiger partial charge in [0, 0.05) is 0 Å². The minimum atomic E-state index is -3.73. The lowest BCUT2D eigenvalue weighted by molar-refractivity contribution is 0.395. The molecule has 0 fully saturated rings. The first-order valence-corrected chi connectivity index (χ1v) is 14.4. The largest absolute Gasteiger partial charge is 0.463 e. The maximum absolute atomic E-state index is 14.8. The van der Waals surface area contributed by atoms with Gasteiger partial charge in [0.1, 0.15) is 11.5 Å². The van der Waals surface area contributed by atoms with Gasteiger partial charge in [0.2, 0.25) is 0 Å². The third-order valence-corrected chi connectivity index (χ3v) is 8.14. The molecule has 0 radical (unpaired) electrons. The number of rotatable bonds is 13. The van der Waals surface area contributed by atoms with Gasteiger partial charge in [-0.05, 0) is 79.0 Å². The topological polar surface area (TPSA) is 35.5 Å². The summed E-state index contributed by atoms with van der Waals surface area (Å²) in [6, 6.07) is 21.9. The lowest BCUT2D eigenvalue weighted by Crippen LogP contribution is -2.21. The van der Waals surface area contributed by atoms with Crippen LogP contribution in [0.3, 0.4) is 0 Å². The monoisotopic (exact) mass is 478 g/mol. The molecule has 4 heteroatoms. The molecule has 0 spiro atoms. The Balaban J connectivity index is 2.12. The summed E-state index contributed by atoms with van der Waals surface area (Å²) in [5.41, 5.74) is 4.38. The van der Waals surface area contributed by atoms with E-state index in [9.17, 15) is 4.57 Å². The van der Waals surface area contributed by atoms with Crippen LogP contribution in [-0.4, -0.2) is 0 Å². The van der Waals surface area contributed by atoms with E-state index in [4.69, 9.17) is 9.05 Å². The second-order valence-electron chi connectivity index (χ2n) is 8.72. The fourth-order valence-corrected chi connectivity index (χ4v) is 6.34. The van der Waals surface area contributed by atoms with E-state index in [1.807, 2.05) is 48.5 Å². The molecule has 3 nitrogen and oxygen atoms in total. The summed E-state index contributed by atoms with van der Waals surface area (Å²) >= 11 is 0. The molecule has 3 aromatic rings. The molecule has 0 saturated heterocycles. The van der Waals surface area contributed by atoms with Crippen LogP contribution < -0.4 is 14.4 Å². The Hall–Kier alpha value is -2.51. The number of hydrogen-bond donors (Lipinski definition) is 0. The molecule has 3 rings (SSSR count). The van der Waals surface area contributed by atoms with Crippen molar-refractivity contribution in [1.29, 1.82) is 0 Å². The lowest BCUT2D eigenvalue weighted by Gasteiger charge is -2.25. The summed E-state index contributed by atoms with van der Waals surface area (Å²) in [7, 11) is -3.73. The summed E-state index contributed by atoms with van der Waals surface area (Å²) in [4.78, 5) is 0. The molecular formula is C30H39O3P. The normalized spacial score (nSPS) is 11.4. The van der Waals surface area contributed by atoms with Crippen LogP contribution in [0.1, 0.15) is 75.6 Å². The Bertz CT molecular complexity index is 1050. The highest BCUT2D eigenvalue weighted by Crippen LogP contribution is 2.50. The minimum Gasteiger partial charge on any atom is -0.413 e. The Morgan fingerprint density at radius 1 is 0.618 bits per heavy atom. The third kappa shape index (κ3) is 6.33. The van der Waals surface area contributed by atoms with Crippen molar-refractivity contribution < 1.29 is 13.6 Å². The predicted octanol–water partition coefficient (Wildman–Crippen LogP) is 8.47. The number of unbranched alkanes of at least 4 members (excludes halogenated alkanes) is 2. The summed E-state index contributed by atoms with van der Waals surface area (Å²) in [5, 5.41) is 0.671. The predicted molar refractivity (Wildman–Crippen MR) is 144 cm³/mol. The molecule has 0 unspecified atom stereocenters. The quantitative estimate of drug-likeness (QED) is 0.231. The molecule has 0 aliphatic heterocycles. The van der Waals surface area contributed by atoms with E-state index in [-0.39, 0.29) is 0 Å². The highest BCUT2D eigenvalue weighted by molar-refractivity contribution is 7.63. The summed E-state index contributed by atoms with van der Waals surface area (Å²) in [6.45, 7) is 8.58. The van der Waals surface area contributed by atoms with Crippen LogP contribution in [-0.2, 0) is 30.2 Å². The molecule has 0 atom stereocenters. The molecule has 0 bridgehead atoms. The average molecular weight is 479 g/mol. The SMILES string of the molecule is CCCCc1ccccc1OP(=O)(Oc1ccccc1CCCC)c1cccc(CC)c1CC. The van der Waals surface area contributed by atoms with Crippen molar-refractivity contribution in [1.82, 2.24) is 0 Å². The Kier molecular flexibility index (Phi) is 9.84. The van der Waals surface area contributed by atoms with Gasteiger partial charge in [0.15, 0.2) is 0 Å². The molecule has 3 aromatic carbocycles. The standard InChI is InChI=1S/C30H39O3P/c1-5-9-16-25-18-11-13-21-28(25)32-34(31,30-23-15-20-24(7-3)27(30)8-4)33-29-22-14-12-19-26(29)17-10-6-2/h11-15,18-23H,5-10,16-17H2,1-4H3. The second-order valence-corrected chi connectivity index (χ2v) is 10.6.